The standard InChI is InChI=1S/C42H75N2O9P/c1-8-9-10-11-12-13-14-15-16-17-18-19-20-21-22-23-40(45)50-33-39(34-52-54(48,49)51-31-30-44(5,6)7)53-41(46)28-29-43-42(47)36(4)38-26-24-37(25-27-38)32-35(2)3/h24-27,35-36,39H,8-23,28-34H2,1-7H3,(H-,43,47,48,49)/t36?,39-/m1/s1. The summed E-state index contributed by atoms with van der Waals surface area (Å²) in [6, 6.07) is 7.95. The maximum absolute atomic E-state index is 12.8. The second-order valence-corrected chi connectivity index (χ2v) is 17.6. The third-order valence-electron chi connectivity index (χ3n) is 9.29. The van der Waals surface area contributed by atoms with Crippen molar-refractivity contribution in [2.24, 2.45) is 5.92 Å². The maximum Gasteiger partial charge on any atom is 0.308 e. The SMILES string of the molecule is CCCCCCCCCCCCCCCCCC(=O)OC[C@H](COP(=O)([O-])OCC[N+](C)(C)C)OC(=O)CCNC(=O)C(C)c1ccc(CC(C)C)cc1. The lowest BCUT2D eigenvalue weighted by atomic mass is 9.96. The second-order valence-electron chi connectivity index (χ2n) is 16.2. The number of phosphoric ester groups is 1. The predicted molar refractivity (Wildman–Crippen MR) is 214 cm³/mol. The van der Waals surface area contributed by atoms with E-state index < -0.39 is 38.4 Å². The summed E-state index contributed by atoms with van der Waals surface area (Å²) in [5.74, 6) is -1.25. The Kier molecular flexibility index (Phi) is 26.7. The van der Waals surface area contributed by atoms with Crippen LogP contribution in [0.3, 0.4) is 0 Å². The molecule has 0 aliphatic rings. The molecule has 54 heavy (non-hydrogen) atoms. The summed E-state index contributed by atoms with van der Waals surface area (Å²) in [6.45, 7) is 7.80. The third-order valence-corrected chi connectivity index (χ3v) is 10.3. The monoisotopic (exact) mass is 783 g/mol. The number of phosphoric acid groups is 1. The van der Waals surface area contributed by atoms with Crippen molar-refractivity contribution in [3.05, 3.63) is 35.4 Å². The van der Waals surface area contributed by atoms with Gasteiger partial charge in [-0.25, -0.2) is 0 Å². The van der Waals surface area contributed by atoms with Crippen molar-refractivity contribution in [2.75, 3.05) is 54.1 Å². The van der Waals surface area contributed by atoms with Crippen LogP contribution in [0.1, 0.15) is 154 Å². The Morgan fingerprint density at radius 3 is 1.80 bits per heavy atom. The average Bonchev–Trinajstić information content (AvgIpc) is 3.10. The lowest BCUT2D eigenvalue weighted by Crippen LogP contribution is -2.37. The summed E-state index contributed by atoms with van der Waals surface area (Å²) in [4.78, 5) is 50.4. The minimum Gasteiger partial charge on any atom is -0.756 e. The Morgan fingerprint density at radius 2 is 1.28 bits per heavy atom. The molecule has 0 saturated carbocycles. The first-order chi connectivity index (χ1) is 25.6. The van der Waals surface area contributed by atoms with Crippen LogP contribution in [-0.4, -0.2) is 82.5 Å². The van der Waals surface area contributed by atoms with Gasteiger partial charge in [-0.05, 0) is 36.8 Å². The van der Waals surface area contributed by atoms with Crippen molar-refractivity contribution < 1.29 is 46.8 Å². The number of esters is 2. The number of ether oxygens (including phenoxy) is 2. The molecule has 12 heteroatoms. The lowest BCUT2D eigenvalue weighted by Gasteiger charge is -2.28. The van der Waals surface area contributed by atoms with E-state index in [9.17, 15) is 23.8 Å². The highest BCUT2D eigenvalue weighted by Gasteiger charge is 2.22. The average molecular weight is 783 g/mol. The van der Waals surface area contributed by atoms with Crippen LogP contribution < -0.4 is 10.2 Å². The first-order valence-electron chi connectivity index (χ1n) is 20.7. The van der Waals surface area contributed by atoms with Gasteiger partial charge in [0.05, 0.1) is 40.1 Å². The van der Waals surface area contributed by atoms with E-state index in [1.807, 2.05) is 45.4 Å². The molecule has 0 aliphatic carbocycles. The van der Waals surface area contributed by atoms with Crippen molar-refractivity contribution in [1.82, 2.24) is 5.32 Å². The highest BCUT2D eigenvalue weighted by atomic mass is 31.2. The van der Waals surface area contributed by atoms with E-state index in [1.54, 1.807) is 6.92 Å². The van der Waals surface area contributed by atoms with E-state index in [0.29, 0.717) is 23.4 Å². The van der Waals surface area contributed by atoms with E-state index in [0.717, 1.165) is 31.2 Å². The van der Waals surface area contributed by atoms with E-state index in [1.165, 1.54) is 76.2 Å². The Morgan fingerprint density at radius 1 is 0.741 bits per heavy atom. The molecule has 2 unspecified atom stereocenters. The lowest BCUT2D eigenvalue weighted by molar-refractivity contribution is -0.870. The summed E-state index contributed by atoms with van der Waals surface area (Å²) in [6.07, 6.45) is 18.2. The van der Waals surface area contributed by atoms with Crippen molar-refractivity contribution >= 4 is 25.7 Å². The van der Waals surface area contributed by atoms with Crippen LogP contribution in [0.15, 0.2) is 24.3 Å². The Hall–Kier alpha value is -2.30. The summed E-state index contributed by atoms with van der Waals surface area (Å²) in [5, 5.41) is 2.76. The fraction of sp³-hybridized carbons (Fsp3) is 0.786. The van der Waals surface area contributed by atoms with Gasteiger partial charge < -0.3 is 33.2 Å². The number of unbranched alkanes of at least 4 members (excludes halogenated alkanes) is 14. The number of quaternary nitrogens is 1. The zero-order valence-electron chi connectivity index (χ0n) is 34.9. The van der Waals surface area contributed by atoms with Crippen LogP contribution in [-0.2, 0) is 43.9 Å². The van der Waals surface area contributed by atoms with E-state index in [4.69, 9.17) is 18.5 Å². The highest BCUT2D eigenvalue weighted by molar-refractivity contribution is 7.45. The number of hydrogen-bond acceptors (Lipinski definition) is 9. The van der Waals surface area contributed by atoms with Gasteiger partial charge in [-0.1, -0.05) is 135 Å². The van der Waals surface area contributed by atoms with Crippen LogP contribution in [0.2, 0.25) is 0 Å². The number of likely N-dealkylation sites (N-methyl/N-ethyl adjacent to an activating group) is 1. The topological polar surface area (TPSA) is 140 Å². The van der Waals surface area contributed by atoms with Gasteiger partial charge in [-0.2, -0.15) is 0 Å². The molecule has 0 heterocycles. The van der Waals surface area contributed by atoms with Crippen LogP contribution in [0.4, 0.5) is 0 Å². The largest absolute Gasteiger partial charge is 0.756 e. The molecule has 1 amide bonds. The van der Waals surface area contributed by atoms with Crippen LogP contribution >= 0.6 is 7.82 Å². The second kappa shape index (κ2) is 29.0. The van der Waals surface area contributed by atoms with Crippen molar-refractivity contribution in [3.8, 4) is 0 Å². The van der Waals surface area contributed by atoms with Gasteiger partial charge in [0, 0.05) is 13.0 Å². The minimum atomic E-state index is -4.70. The van der Waals surface area contributed by atoms with Crippen molar-refractivity contribution in [2.45, 2.75) is 155 Å². The molecule has 3 atom stereocenters. The Balaban J connectivity index is 2.47. The number of benzene rings is 1. The number of amides is 1. The van der Waals surface area contributed by atoms with Gasteiger partial charge in [0.1, 0.15) is 19.8 Å². The Labute approximate surface area is 327 Å². The van der Waals surface area contributed by atoms with Crippen LogP contribution in [0.25, 0.3) is 0 Å². The van der Waals surface area contributed by atoms with Gasteiger partial charge in [0.2, 0.25) is 5.91 Å². The van der Waals surface area contributed by atoms with E-state index in [2.05, 4.69) is 26.1 Å². The van der Waals surface area contributed by atoms with Gasteiger partial charge in [-0.15, -0.1) is 0 Å². The molecule has 11 nitrogen and oxygen atoms in total. The molecular weight excluding hydrogens is 707 g/mol. The van der Waals surface area contributed by atoms with Gasteiger partial charge in [-0.3, -0.25) is 18.9 Å². The molecule has 0 radical (unpaired) electrons. The van der Waals surface area contributed by atoms with E-state index in [-0.39, 0.29) is 38.5 Å². The van der Waals surface area contributed by atoms with Crippen LogP contribution in [0, 0.1) is 5.92 Å². The minimum absolute atomic E-state index is 0.0220. The number of hydrogen-bond donors (Lipinski definition) is 1. The highest BCUT2D eigenvalue weighted by Crippen LogP contribution is 2.38. The fourth-order valence-corrected chi connectivity index (χ4v) is 6.63. The molecule has 0 bridgehead atoms. The molecule has 312 valence electrons. The maximum atomic E-state index is 12.8. The summed E-state index contributed by atoms with van der Waals surface area (Å²) in [5.41, 5.74) is 2.08. The molecule has 0 saturated heterocycles. The summed E-state index contributed by atoms with van der Waals surface area (Å²) >= 11 is 0. The zero-order chi connectivity index (χ0) is 40.2. The number of carbonyl (C=O) groups is 3. The van der Waals surface area contributed by atoms with Gasteiger partial charge in [0.15, 0.2) is 6.10 Å². The molecular formula is C42H75N2O9P. The number of rotatable bonds is 33. The number of nitrogens with one attached hydrogen (secondary N) is 1. The number of nitrogens with zero attached hydrogens (tertiary/aromatic N) is 1. The third kappa shape index (κ3) is 27.3. The zero-order valence-corrected chi connectivity index (χ0v) is 35.8. The molecule has 0 fully saturated rings. The molecule has 1 N–H and O–H groups in total. The molecule has 1 aromatic carbocycles. The number of carbonyl (C=O) groups excluding carboxylic acids is 3. The molecule has 0 spiro atoms. The normalized spacial score (nSPS) is 14.0. The molecule has 0 aliphatic heterocycles. The van der Waals surface area contributed by atoms with E-state index >= 15 is 0 Å². The summed E-state index contributed by atoms with van der Waals surface area (Å²) < 4.78 is 33.7. The van der Waals surface area contributed by atoms with Gasteiger partial charge >= 0.3 is 11.9 Å². The molecule has 1 aromatic rings. The molecule has 0 aromatic heterocycles. The van der Waals surface area contributed by atoms with Crippen molar-refractivity contribution in [3.63, 3.8) is 0 Å². The van der Waals surface area contributed by atoms with Gasteiger partial charge in [0.25, 0.3) is 7.82 Å². The fourth-order valence-electron chi connectivity index (χ4n) is 5.90. The summed E-state index contributed by atoms with van der Waals surface area (Å²) in [7, 11) is 0.997. The first kappa shape index (κ1) is 49.7. The van der Waals surface area contributed by atoms with Crippen LogP contribution in [0.5, 0.6) is 0 Å². The van der Waals surface area contributed by atoms with Crippen molar-refractivity contribution in [1.29, 1.82) is 0 Å². The first-order valence-corrected chi connectivity index (χ1v) is 22.2. The quantitative estimate of drug-likeness (QED) is 0.0322. The molecule has 1 rings (SSSR count). The Bertz CT molecular complexity index is 1200. The smallest absolute Gasteiger partial charge is 0.308 e. The predicted octanol–water partition coefficient (Wildman–Crippen LogP) is 8.42.